The van der Waals surface area contributed by atoms with Gasteiger partial charge in [0.2, 0.25) is 0 Å². The van der Waals surface area contributed by atoms with E-state index in [4.69, 9.17) is 0 Å². The predicted octanol–water partition coefficient (Wildman–Crippen LogP) is 3.32. The maximum atomic E-state index is 4.30. The number of hydrogen-bond acceptors (Lipinski definition) is 2. The average Bonchev–Trinajstić information content (AvgIpc) is 2.79. The molecule has 0 saturated carbocycles. The highest BCUT2D eigenvalue weighted by Gasteiger charge is 1.99. The Morgan fingerprint density at radius 3 is 2.76 bits per heavy atom. The lowest BCUT2D eigenvalue weighted by Crippen LogP contribution is -2.11. The molecular formula is C13H16BrN3. The van der Waals surface area contributed by atoms with Crippen molar-refractivity contribution in [3.63, 3.8) is 0 Å². The molecule has 1 aromatic heterocycles. The Labute approximate surface area is 110 Å². The van der Waals surface area contributed by atoms with Crippen LogP contribution in [-0.4, -0.2) is 16.1 Å². The third-order valence-corrected chi connectivity index (χ3v) is 3.17. The van der Waals surface area contributed by atoms with Gasteiger partial charge in [0.05, 0.1) is 0 Å². The molecular weight excluding hydrogens is 278 g/mol. The van der Waals surface area contributed by atoms with E-state index in [0.717, 1.165) is 35.5 Å². The molecule has 0 saturated heterocycles. The average molecular weight is 294 g/mol. The van der Waals surface area contributed by atoms with Crippen molar-refractivity contribution in [3.05, 3.63) is 47.0 Å². The lowest BCUT2D eigenvalue weighted by atomic mass is 10.3. The van der Waals surface area contributed by atoms with Gasteiger partial charge in [-0.05, 0) is 24.3 Å². The van der Waals surface area contributed by atoms with Crippen LogP contribution in [0.2, 0.25) is 0 Å². The van der Waals surface area contributed by atoms with Crippen LogP contribution in [0.4, 0.5) is 5.69 Å². The van der Waals surface area contributed by atoms with Gasteiger partial charge in [0.15, 0.2) is 0 Å². The minimum absolute atomic E-state index is 0.908. The molecule has 0 fully saturated rings. The molecule has 0 unspecified atom stereocenters. The largest absolute Gasteiger partial charge is 0.383 e. The van der Waals surface area contributed by atoms with Gasteiger partial charge in [0, 0.05) is 42.1 Å². The number of rotatable bonds is 5. The van der Waals surface area contributed by atoms with Crippen LogP contribution < -0.4 is 5.32 Å². The Hall–Kier alpha value is -1.29. The van der Waals surface area contributed by atoms with Gasteiger partial charge in [0.25, 0.3) is 0 Å². The van der Waals surface area contributed by atoms with E-state index in [-0.39, 0.29) is 0 Å². The summed E-state index contributed by atoms with van der Waals surface area (Å²) in [7, 11) is 0. The third kappa shape index (κ3) is 3.33. The molecule has 2 aromatic rings. The van der Waals surface area contributed by atoms with Crippen LogP contribution in [-0.2, 0) is 13.0 Å². The highest BCUT2D eigenvalue weighted by atomic mass is 79.9. The summed E-state index contributed by atoms with van der Waals surface area (Å²) < 4.78 is 3.29. The lowest BCUT2D eigenvalue weighted by molar-refractivity contribution is 0.681. The maximum Gasteiger partial charge on any atom is 0.108 e. The smallest absolute Gasteiger partial charge is 0.108 e. The van der Waals surface area contributed by atoms with Crippen LogP contribution in [0.25, 0.3) is 0 Å². The second-order valence-electron chi connectivity index (χ2n) is 3.82. The monoisotopic (exact) mass is 293 g/mol. The van der Waals surface area contributed by atoms with Gasteiger partial charge in [-0.25, -0.2) is 4.98 Å². The second-order valence-corrected chi connectivity index (χ2v) is 4.74. The SMILES string of the molecule is CCc1nccn1CCNc1ccc(Br)cc1. The summed E-state index contributed by atoms with van der Waals surface area (Å²) in [4.78, 5) is 4.30. The van der Waals surface area contributed by atoms with Crippen molar-refractivity contribution < 1.29 is 0 Å². The summed E-state index contributed by atoms with van der Waals surface area (Å²) in [5, 5.41) is 3.39. The summed E-state index contributed by atoms with van der Waals surface area (Å²) >= 11 is 3.42. The number of imidazole rings is 1. The normalized spacial score (nSPS) is 10.5. The minimum Gasteiger partial charge on any atom is -0.383 e. The van der Waals surface area contributed by atoms with E-state index < -0.39 is 0 Å². The molecule has 3 nitrogen and oxygen atoms in total. The zero-order chi connectivity index (χ0) is 12.1. The number of halogens is 1. The lowest BCUT2D eigenvalue weighted by Gasteiger charge is -2.09. The van der Waals surface area contributed by atoms with Gasteiger partial charge in [-0.1, -0.05) is 22.9 Å². The Bertz CT molecular complexity index is 462. The first-order chi connectivity index (χ1) is 8.29. The van der Waals surface area contributed by atoms with Crippen LogP contribution in [0.1, 0.15) is 12.7 Å². The van der Waals surface area contributed by atoms with Crippen LogP contribution in [0.5, 0.6) is 0 Å². The van der Waals surface area contributed by atoms with Crippen molar-refractivity contribution in [2.24, 2.45) is 0 Å². The predicted molar refractivity (Wildman–Crippen MR) is 74.2 cm³/mol. The molecule has 0 spiro atoms. The quantitative estimate of drug-likeness (QED) is 0.916. The summed E-state index contributed by atoms with van der Waals surface area (Å²) in [5.41, 5.74) is 1.14. The Kier molecular flexibility index (Phi) is 4.20. The summed E-state index contributed by atoms with van der Waals surface area (Å²) in [5.74, 6) is 1.14. The number of hydrogen-bond donors (Lipinski definition) is 1. The number of nitrogens with one attached hydrogen (secondary N) is 1. The highest BCUT2D eigenvalue weighted by molar-refractivity contribution is 9.10. The molecule has 0 bridgehead atoms. The van der Waals surface area contributed by atoms with Gasteiger partial charge < -0.3 is 9.88 Å². The van der Waals surface area contributed by atoms with Crippen molar-refractivity contribution in [2.45, 2.75) is 19.9 Å². The molecule has 1 N–H and O–H groups in total. The molecule has 0 radical (unpaired) electrons. The minimum atomic E-state index is 0.908. The van der Waals surface area contributed by atoms with Crippen molar-refractivity contribution >= 4 is 21.6 Å². The molecule has 0 atom stereocenters. The number of aromatic nitrogens is 2. The fourth-order valence-electron chi connectivity index (χ4n) is 1.75. The van der Waals surface area contributed by atoms with Crippen molar-refractivity contribution in [2.75, 3.05) is 11.9 Å². The molecule has 0 amide bonds. The van der Waals surface area contributed by atoms with E-state index in [9.17, 15) is 0 Å². The molecule has 1 heterocycles. The van der Waals surface area contributed by atoms with Gasteiger partial charge in [-0.15, -0.1) is 0 Å². The fourth-order valence-corrected chi connectivity index (χ4v) is 2.01. The van der Waals surface area contributed by atoms with Gasteiger partial charge in [-0.2, -0.15) is 0 Å². The number of benzene rings is 1. The van der Waals surface area contributed by atoms with Gasteiger partial charge >= 0.3 is 0 Å². The van der Waals surface area contributed by atoms with E-state index in [1.165, 1.54) is 0 Å². The van der Waals surface area contributed by atoms with Gasteiger partial charge in [-0.3, -0.25) is 0 Å². The van der Waals surface area contributed by atoms with E-state index in [1.807, 2.05) is 24.5 Å². The van der Waals surface area contributed by atoms with Crippen molar-refractivity contribution in [1.82, 2.24) is 9.55 Å². The maximum absolute atomic E-state index is 4.30. The molecule has 2 rings (SSSR count). The zero-order valence-electron chi connectivity index (χ0n) is 9.86. The zero-order valence-corrected chi connectivity index (χ0v) is 11.4. The van der Waals surface area contributed by atoms with Crippen LogP contribution in [0.15, 0.2) is 41.1 Å². The molecule has 90 valence electrons. The first-order valence-electron chi connectivity index (χ1n) is 5.79. The summed E-state index contributed by atoms with van der Waals surface area (Å²) in [6, 6.07) is 8.21. The first kappa shape index (κ1) is 12.2. The number of anilines is 1. The molecule has 0 aliphatic rings. The Morgan fingerprint density at radius 2 is 2.06 bits per heavy atom. The molecule has 0 aliphatic carbocycles. The van der Waals surface area contributed by atoms with E-state index in [0.29, 0.717) is 0 Å². The third-order valence-electron chi connectivity index (χ3n) is 2.64. The number of aryl methyl sites for hydroxylation is 1. The molecule has 0 aliphatic heterocycles. The van der Waals surface area contributed by atoms with Crippen molar-refractivity contribution in [3.8, 4) is 0 Å². The second kappa shape index (κ2) is 5.87. The first-order valence-corrected chi connectivity index (χ1v) is 6.58. The number of nitrogens with zero attached hydrogens (tertiary/aromatic N) is 2. The Balaban J connectivity index is 1.85. The fraction of sp³-hybridized carbons (Fsp3) is 0.308. The molecule has 1 aromatic carbocycles. The summed E-state index contributed by atoms with van der Waals surface area (Å²) in [6.07, 6.45) is 4.87. The Morgan fingerprint density at radius 1 is 1.29 bits per heavy atom. The standard InChI is InChI=1S/C13H16BrN3/c1-2-13-16-8-10-17(13)9-7-15-12-5-3-11(14)4-6-12/h3-6,8,10,15H,2,7,9H2,1H3. The van der Waals surface area contributed by atoms with E-state index in [2.05, 4.69) is 49.9 Å². The van der Waals surface area contributed by atoms with Crippen molar-refractivity contribution in [1.29, 1.82) is 0 Å². The van der Waals surface area contributed by atoms with Crippen LogP contribution in [0, 0.1) is 0 Å². The van der Waals surface area contributed by atoms with E-state index in [1.54, 1.807) is 0 Å². The van der Waals surface area contributed by atoms with Gasteiger partial charge in [0.1, 0.15) is 5.82 Å². The van der Waals surface area contributed by atoms with E-state index >= 15 is 0 Å². The summed E-state index contributed by atoms with van der Waals surface area (Å²) in [6.45, 7) is 3.98. The highest BCUT2D eigenvalue weighted by Crippen LogP contribution is 2.13. The molecule has 4 heteroatoms. The van der Waals surface area contributed by atoms with Crippen LogP contribution in [0.3, 0.4) is 0 Å². The molecule has 17 heavy (non-hydrogen) atoms. The topological polar surface area (TPSA) is 29.9 Å². The van der Waals surface area contributed by atoms with Crippen LogP contribution >= 0.6 is 15.9 Å².